The number of hydrogen-bond acceptors (Lipinski definition) is 5. The molecule has 2 N–H and O–H groups in total. The molecule has 110 valence electrons. The van der Waals surface area contributed by atoms with E-state index in [2.05, 4.69) is 26.0 Å². The van der Waals surface area contributed by atoms with Crippen molar-refractivity contribution in [2.75, 3.05) is 20.7 Å². The molecule has 9 heteroatoms. The van der Waals surface area contributed by atoms with E-state index in [1.54, 1.807) is 0 Å². The molecule has 0 atom stereocenters. The molecule has 0 aliphatic heterocycles. The molecule has 0 bridgehead atoms. The Morgan fingerprint density at radius 3 is 2.50 bits per heavy atom. The fraction of sp³-hybridized carbons (Fsp3) is 0.273. The second-order valence-electron chi connectivity index (χ2n) is 3.60. The molecule has 1 amide bonds. The number of sulfonamides is 1. The fourth-order valence-electron chi connectivity index (χ4n) is 1.23. The van der Waals surface area contributed by atoms with Crippen LogP contribution in [0.1, 0.15) is 10.4 Å². The standard InChI is InChI=1S/C11H13BrN2O5S/c1-13-10(15)6-19-11(16)8-5-7(3-4-9(8)12)20(17,18)14-2/h3-5,14H,6H2,1-2H3,(H,13,15). The molecule has 0 radical (unpaired) electrons. The number of carbonyl (C=O) groups excluding carboxylic acids is 2. The van der Waals surface area contributed by atoms with Gasteiger partial charge in [0, 0.05) is 11.5 Å². The van der Waals surface area contributed by atoms with E-state index < -0.39 is 28.5 Å². The lowest BCUT2D eigenvalue weighted by Gasteiger charge is -2.08. The van der Waals surface area contributed by atoms with Crippen molar-refractivity contribution in [2.45, 2.75) is 4.90 Å². The van der Waals surface area contributed by atoms with Gasteiger partial charge in [-0.2, -0.15) is 0 Å². The van der Waals surface area contributed by atoms with Gasteiger partial charge in [0.15, 0.2) is 6.61 Å². The summed E-state index contributed by atoms with van der Waals surface area (Å²) < 4.78 is 30.6. The minimum absolute atomic E-state index is 0.0187. The molecule has 0 saturated heterocycles. The van der Waals surface area contributed by atoms with Crippen LogP contribution in [0.2, 0.25) is 0 Å². The van der Waals surface area contributed by atoms with Crippen molar-refractivity contribution in [3.8, 4) is 0 Å². The van der Waals surface area contributed by atoms with Crippen molar-refractivity contribution in [3.63, 3.8) is 0 Å². The Morgan fingerprint density at radius 2 is 1.95 bits per heavy atom. The van der Waals surface area contributed by atoms with Crippen molar-refractivity contribution in [1.82, 2.24) is 10.0 Å². The van der Waals surface area contributed by atoms with Gasteiger partial charge in [-0.15, -0.1) is 0 Å². The number of hydrogen-bond donors (Lipinski definition) is 2. The van der Waals surface area contributed by atoms with E-state index in [-0.39, 0.29) is 10.5 Å². The van der Waals surface area contributed by atoms with Gasteiger partial charge in [0.05, 0.1) is 10.5 Å². The minimum Gasteiger partial charge on any atom is -0.452 e. The molecule has 0 saturated carbocycles. The first kappa shape index (κ1) is 16.6. The number of halogens is 1. The third-order valence-corrected chi connectivity index (χ3v) is 4.45. The second-order valence-corrected chi connectivity index (χ2v) is 6.34. The van der Waals surface area contributed by atoms with E-state index >= 15 is 0 Å². The van der Waals surface area contributed by atoms with Crippen LogP contribution >= 0.6 is 15.9 Å². The van der Waals surface area contributed by atoms with Crippen molar-refractivity contribution < 1.29 is 22.7 Å². The number of ether oxygens (including phenoxy) is 1. The maximum Gasteiger partial charge on any atom is 0.339 e. The summed E-state index contributed by atoms with van der Waals surface area (Å²) in [7, 11) is -0.991. The summed E-state index contributed by atoms with van der Waals surface area (Å²) in [5.41, 5.74) is 0.0187. The quantitative estimate of drug-likeness (QED) is 0.729. The second kappa shape index (κ2) is 6.82. The zero-order valence-electron chi connectivity index (χ0n) is 10.8. The highest BCUT2D eigenvalue weighted by atomic mass is 79.9. The van der Waals surface area contributed by atoms with E-state index in [1.165, 1.54) is 32.3 Å². The number of nitrogens with one attached hydrogen (secondary N) is 2. The van der Waals surface area contributed by atoms with Crippen LogP contribution in [-0.4, -0.2) is 41.0 Å². The third kappa shape index (κ3) is 4.02. The molecular weight excluding hydrogens is 352 g/mol. The Bertz CT molecular complexity index is 630. The number of amides is 1. The predicted octanol–water partition coefficient (Wildman–Crippen LogP) is 0.260. The monoisotopic (exact) mass is 364 g/mol. The van der Waals surface area contributed by atoms with E-state index in [4.69, 9.17) is 4.74 Å². The minimum atomic E-state index is -3.66. The number of benzene rings is 1. The average molecular weight is 365 g/mol. The van der Waals surface area contributed by atoms with Gasteiger partial charge < -0.3 is 10.1 Å². The van der Waals surface area contributed by atoms with Gasteiger partial charge >= 0.3 is 5.97 Å². The molecule has 0 aliphatic rings. The zero-order valence-corrected chi connectivity index (χ0v) is 13.2. The summed E-state index contributed by atoms with van der Waals surface area (Å²) in [5, 5.41) is 2.30. The topological polar surface area (TPSA) is 102 Å². The Kier molecular flexibility index (Phi) is 5.66. The number of carbonyl (C=O) groups is 2. The van der Waals surface area contributed by atoms with Crippen LogP contribution in [0.4, 0.5) is 0 Å². The van der Waals surface area contributed by atoms with Crippen LogP contribution in [0.5, 0.6) is 0 Å². The van der Waals surface area contributed by atoms with Crippen LogP contribution in [0, 0.1) is 0 Å². The Balaban J connectivity index is 3.03. The van der Waals surface area contributed by atoms with Gasteiger partial charge in [-0.05, 0) is 41.2 Å². The highest BCUT2D eigenvalue weighted by Gasteiger charge is 2.18. The SMILES string of the molecule is CNC(=O)COC(=O)c1cc(S(=O)(=O)NC)ccc1Br. The molecule has 0 unspecified atom stereocenters. The number of likely N-dealkylation sites (N-methyl/N-ethyl adjacent to an activating group) is 1. The summed E-state index contributed by atoms with van der Waals surface area (Å²) in [5.74, 6) is -1.26. The van der Waals surface area contributed by atoms with Crippen molar-refractivity contribution in [1.29, 1.82) is 0 Å². The van der Waals surface area contributed by atoms with Gasteiger partial charge in [0.2, 0.25) is 10.0 Å². The highest BCUT2D eigenvalue weighted by Crippen LogP contribution is 2.21. The molecular formula is C11H13BrN2O5S. The van der Waals surface area contributed by atoms with Gasteiger partial charge in [0.25, 0.3) is 5.91 Å². The van der Waals surface area contributed by atoms with Crippen molar-refractivity contribution >= 4 is 37.8 Å². The smallest absolute Gasteiger partial charge is 0.339 e. The van der Waals surface area contributed by atoms with E-state index in [1.807, 2.05) is 0 Å². The van der Waals surface area contributed by atoms with Crippen molar-refractivity contribution in [3.05, 3.63) is 28.2 Å². The number of rotatable bonds is 5. The van der Waals surface area contributed by atoms with Gasteiger partial charge in [-0.1, -0.05) is 0 Å². The van der Waals surface area contributed by atoms with E-state index in [0.717, 1.165) is 0 Å². The largest absolute Gasteiger partial charge is 0.452 e. The fourth-order valence-corrected chi connectivity index (χ4v) is 2.39. The lowest BCUT2D eigenvalue weighted by molar-refractivity contribution is -0.123. The first-order valence-corrected chi connectivity index (χ1v) is 7.70. The van der Waals surface area contributed by atoms with Crippen LogP contribution in [0.3, 0.4) is 0 Å². The number of esters is 1. The highest BCUT2D eigenvalue weighted by molar-refractivity contribution is 9.10. The molecule has 1 aromatic carbocycles. The normalized spacial score (nSPS) is 10.9. The lowest BCUT2D eigenvalue weighted by atomic mass is 10.2. The first-order valence-electron chi connectivity index (χ1n) is 5.42. The summed E-state index contributed by atoms with van der Waals surface area (Å²) >= 11 is 3.13. The van der Waals surface area contributed by atoms with Crippen LogP contribution < -0.4 is 10.0 Å². The Morgan fingerprint density at radius 1 is 1.30 bits per heavy atom. The lowest BCUT2D eigenvalue weighted by Crippen LogP contribution is -2.25. The van der Waals surface area contributed by atoms with Crippen LogP contribution in [0.25, 0.3) is 0 Å². The molecule has 20 heavy (non-hydrogen) atoms. The summed E-state index contributed by atoms with van der Waals surface area (Å²) in [4.78, 5) is 22.7. The van der Waals surface area contributed by atoms with Crippen LogP contribution in [-0.2, 0) is 19.6 Å². The third-order valence-electron chi connectivity index (χ3n) is 2.35. The maximum atomic E-state index is 11.8. The average Bonchev–Trinajstić information content (AvgIpc) is 2.44. The predicted molar refractivity (Wildman–Crippen MR) is 74.7 cm³/mol. The Hall–Kier alpha value is -1.45. The summed E-state index contributed by atoms with van der Waals surface area (Å²) in [6, 6.07) is 3.92. The first-order chi connectivity index (χ1) is 9.31. The molecule has 0 fully saturated rings. The summed E-state index contributed by atoms with van der Waals surface area (Å²) in [6.07, 6.45) is 0. The van der Waals surface area contributed by atoms with E-state index in [9.17, 15) is 18.0 Å². The van der Waals surface area contributed by atoms with Gasteiger partial charge in [0.1, 0.15) is 0 Å². The van der Waals surface area contributed by atoms with Gasteiger partial charge in [-0.25, -0.2) is 17.9 Å². The Labute approximate surface area is 124 Å². The maximum absolute atomic E-state index is 11.8. The molecule has 0 aromatic heterocycles. The molecule has 7 nitrogen and oxygen atoms in total. The molecule has 0 aliphatic carbocycles. The molecule has 0 heterocycles. The van der Waals surface area contributed by atoms with Crippen LogP contribution in [0.15, 0.2) is 27.6 Å². The van der Waals surface area contributed by atoms with E-state index in [0.29, 0.717) is 4.47 Å². The van der Waals surface area contributed by atoms with Crippen molar-refractivity contribution in [2.24, 2.45) is 0 Å². The molecule has 1 aromatic rings. The van der Waals surface area contributed by atoms with Gasteiger partial charge in [-0.3, -0.25) is 4.79 Å². The summed E-state index contributed by atoms with van der Waals surface area (Å²) in [6.45, 7) is -0.440. The zero-order chi connectivity index (χ0) is 15.3. The molecule has 1 rings (SSSR count). The molecule has 0 spiro atoms.